The van der Waals surface area contributed by atoms with Gasteiger partial charge in [0.2, 0.25) is 0 Å². The van der Waals surface area contributed by atoms with Gasteiger partial charge in [0.15, 0.2) is 0 Å². The zero-order valence-electron chi connectivity index (χ0n) is 10.5. The van der Waals surface area contributed by atoms with Gasteiger partial charge in [-0.15, -0.1) is 0 Å². The fourth-order valence-corrected chi connectivity index (χ4v) is 1.73. The molecular formula is C12H13N3O4. The van der Waals surface area contributed by atoms with Crippen molar-refractivity contribution in [2.24, 2.45) is 0 Å². The van der Waals surface area contributed by atoms with Crippen molar-refractivity contribution in [2.45, 2.75) is 6.04 Å². The molecule has 0 saturated carbocycles. The number of imide groups is 1. The highest BCUT2D eigenvalue weighted by atomic mass is 16.5. The molecule has 1 aliphatic rings. The molecule has 19 heavy (non-hydrogen) atoms. The van der Waals surface area contributed by atoms with Crippen LogP contribution in [0.4, 0.5) is 15.3 Å². The molecule has 1 saturated heterocycles. The lowest BCUT2D eigenvalue weighted by Gasteiger charge is -2.09. The second-order valence-electron chi connectivity index (χ2n) is 4.02. The summed E-state index contributed by atoms with van der Waals surface area (Å²) < 4.78 is 4.46. The molecule has 0 aromatic heterocycles. The lowest BCUT2D eigenvalue weighted by Crippen LogP contribution is -2.25. The average Bonchev–Trinajstić information content (AvgIpc) is 2.67. The number of carbonyl (C=O) groups excluding carboxylic acids is 3. The summed E-state index contributed by atoms with van der Waals surface area (Å²) in [7, 11) is 2.69. The van der Waals surface area contributed by atoms with Crippen LogP contribution in [0.15, 0.2) is 24.3 Å². The van der Waals surface area contributed by atoms with E-state index in [-0.39, 0.29) is 5.91 Å². The maximum Gasteiger partial charge on any atom is 0.411 e. The van der Waals surface area contributed by atoms with Gasteiger partial charge in [-0.1, -0.05) is 12.1 Å². The van der Waals surface area contributed by atoms with Crippen LogP contribution in [0.1, 0.15) is 11.6 Å². The fourth-order valence-electron chi connectivity index (χ4n) is 1.73. The number of nitrogens with one attached hydrogen (secondary N) is 2. The van der Waals surface area contributed by atoms with E-state index in [9.17, 15) is 14.4 Å². The molecule has 1 aromatic carbocycles. The molecule has 4 amide bonds. The summed E-state index contributed by atoms with van der Waals surface area (Å²) in [5.74, 6) is -0.307. The third-order valence-corrected chi connectivity index (χ3v) is 2.83. The molecule has 7 heteroatoms. The number of methoxy groups -OCH3 is 1. The van der Waals surface area contributed by atoms with Gasteiger partial charge in [0.05, 0.1) is 7.11 Å². The van der Waals surface area contributed by atoms with E-state index in [0.717, 1.165) is 4.90 Å². The number of benzene rings is 1. The highest BCUT2D eigenvalue weighted by molar-refractivity contribution is 6.04. The van der Waals surface area contributed by atoms with Gasteiger partial charge in [0.1, 0.15) is 6.04 Å². The zero-order chi connectivity index (χ0) is 14.0. The van der Waals surface area contributed by atoms with Gasteiger partial charge in [-0.2, -0.15) is 0 Å². The summed E-state index contributed by atoms with van der Waals surface area (Å²) in [6.07, 6.45) is -0.572. The highest BCUT2D eigenvalue weighted by Gasteiger charge is 2.36. The number of ether oxygens (including phenoxy) is 1. The van der Waals surface area contributed by atoms with Crippen LogP contribution in [-0.4, -0.2) is 37.1 Å². The first-order valence-electron chi connectivity index (χ1n) is 5.56. The third kappa shape index (κ3) is 2.49. The Morgan fingerprint density at radius 3 is 2.42 bits per heavy atom. The van der Waals surface area contributed by atoms with Crippen LogP contribution in [0.2, 0.25) is 0 Å². The van der Waals surface area contributed by atoms with E-state index in [1.807, 2.05) is 0 Å². The molecule has 1 aliphatic heterocycles. The molecule has 1 fully saturated rings. The van der Waals surface area contributed by atoms with Gasteiger partial charge in [-0.05, 0) is 17.7 Å². The van der Waals surface area contributed by atoms with Gasteiger partial charge in [-0.25, -0.2) is 9.59 Å². The molecular weight excluding hydrogens is 250 g/mol. The van der Waals surface area contributed by atoms with Crippen LogP contribution in [0, 0.1) is 0 Å². The smallest absolute Gasteiger partial charge is 0.411 e. The molecule has 0 radical (unpaired) electrons. The summed E-state index contributed by atoms with van der Waals surface area (Å²) in [6, 6.07) is 5.48. The third-order valence-electron chi connectivity index (χ3n) is 2.83. The Morgan fingerprint density at radius 1 is 1.32 bits per heavy atom. The number of rotatable bonds is 2. The van der Waals surface area contributed by atoms with Crippen LogP contribution in [0.3, 0.4) is 0 Å². The maximum absolute atomic E-state index is 11.8. The van der Waals surface area contributed by atoms with E-state index in [4.69, 9.17) is 0 Å². The molecule has 7 nitrogen and oxygen atoms in total. The van der Waals surface area contributed by atoms with Gasteiger partial charge in [0, 0.05) is 12.7 Å². The van der Waals surface area contributed by atoms with Gasteiger partial charge in [0.25, 0.3) is 5.91 Å². The van der Waals surface area contributed by atoms with Crippen LogP contribution < -0.4 is 10.6 Å². The summed E-state index contributed by atoms with van der Waals surface area (Å²) in [5.41, 5.74) is 1.19. The number of likely N-dealkylation sites (N-methyl/N-ethyl adjacent to an activating group) is 1. The summed E-state index contributed by atoms with van der Waals surface area (Å²) in [6.45, 7) is 0. The van der Waals surface area contributed by atoms with E-state index in [1.165, 1.54) is 14.2 Å². The number of hydrogen-bond acceptors (Lipinski definition) is 4. The van der Waals surface area contributed by atoms with Crippen molar-refractivity contribution < 1.29 is 19.1 Å². The summed E-state index contributed by atoms with van der Waals surface area (Å²) >= 11 is 0. The van der Waals surface area contributed by atoms with E-state index in [2.05, 4.69) is 15.4 Å². The number of hydrogen-bond donors (Lipinski definition) is 2. The average molecular weight is 263 g/mol. The van der Waals surface area contributed by atoms with Crippen molar-refractivity contribution in [1.82, 2.24) is 10.2 Å². The molecule has 2 N–H and O–H groups in total. The first kappa shape index (κ1) is 12.9. The minimum absolute atomic E-state index is 0.307. The molecule has 0 aliphatic carbocycles. The Kier molecular flexibility index (Phi) is 3.37. The van der Waals surface area contributed by atoms with Crippen molar-refractivity contribution >= 4 is 23.7 Å². The highest BCUT2D eigenvalue weighted by Crippen LogP contribution is 2.22. The van der Waals surface area contributed by atoms with E-state index in [1.54, 1.807) is 24.3 Å². The maximum atomic E-state index is 11.8. The van der Waals surface area contributed by atoms with Crippen LogP contribution in [-0.2, 0) is 9.53 Å². The quantitative estimate of drug-likeness (QED) is 0.782. The largest absolute Gasteiger partial charge is 0.453 e. The number of anilines is 1. The first-order chi connectivity index (χ1) is 9.02. The summed E-state index contributed by atoms with van der Waals surface area (Å²) in [5, 5.41) is 5.06. The standard InChI is InChI=1S/C12H13N3O4/c1-15-10(16)9(14-11(15)17)7-3-5-8(6-4-7)13-12(18)19-2/h3-6,9H,1-2H3,(H,13,18)(H,14,17). The molecule has 1 unspecified atom stereocenters. The predicted octanol–water partition coefficient (Wildman–Crippen LogP) is 1.09. The van der Waals surface area contributed by atoms with Crippen LogP contribution in [0.25, 0.3) is 0 Å². The molecule has 1 heterocycles. The van der Waals surface area contributed by atoms with E-state index >= 15 is 0 Å². The Hall–Kier alpha value is -2.57. The first-order valence-corrected chi connectivity index (χ1v) is 5.56. The number of nitrogens with zero attached hydrogens (tertiary/aromatic N) is 1. The number of urea groups is 1. The second kappa shape index (κ2) is 4.97. The molecule has 100 valence electrons. The van der Waals surface area contributed by atoms with Crippen molar-refractivity contribution in [3.63, 3.8) is 0 Å². The molecule has 0 spiro atoms. The Bertz CT molecular complexity index is 526. The van der Waals surface area contributed by atoms with Crippen molar-refractivity contribution in [1.29, 1.82) is 0 Å². The fraction of sp³-hybridized carbons (Fsp3) is 0.250. The lowest BCUT2D eigenvalue weighted by molar-refractivity contribution is -0.126. The minimum atomic E-state index is -0.676. The molecule has 2 rings (SSSR count). The van der Waals surface area contributed by atoms with Crippen LogP contribution >= 0.6 is 0 Å². The van der Waals surface area contributed by atoms with Gasteiger partial charge < -0.3 is 10.1 Å². The lowest BCUT2D eigenvalue weighted by atomic mass is 10.1. The number of amides is 4. The second-order valence-corrected chi connectivity index (χ2v) is 4.02. The van der Waals surface area contributed by atoms with Crippen molar-refractivity contribution in [3.05, 3.63) is 29.8 Å². The normalized spacial score (nSPS) is 18.2. The van der Waals surface area contributed by atoms with Gasteiger partial charge >= 0.3 is 12.1 Å². The zero-order valence-corrected chi connectivity index (χ0v) is 10.5. The van der Waals surface area contributed by atoms with E-state index in [0.29, 0.717) is 11.3 Å². The molecule has 0 bridgehead atoms. The topological polar surface area (TPSA) is 87.7 Å². The number of carbonyl (C=O) groups is 3. The summed E-state index contributed by atoms with van der Waals surface area (Å²) in [4.78, 5) is 35.2. The Balaban J connectivity index is 2.13. The minimum Gasteiger partial charge on any atom is -0.453 e. The van der Waals surface area contributed by atoms with Gasteiger partial charge in [-0.3, -0.25) is 15.0 Å². The SMILES string of the molecule is COC(=O)Nc1ccc(C2NC(=O)N(C)C2=O)cc1. The predicted molar refractivity (Wildman–Crippen MR) is 66.5 cm³/mol. The molecule has 1 aromatic rings. The van der Waals surface area contributed by atoms with Crippen molar-refractivity contribution in [3.8, 4) is 0 Å². The van der Waals surface area contributed by atoms with E-state index < -0.39 is 18.2 Å². The van der Waals surface area contributed by atoms with Crippen molar-refractivity contribution in [2.75, 3.05) is 19.5 Å². The monoisotopic (exact) mass is 263 g/mol. The molecule has 1 atom stereocenters. The van der Waals surface area contributed by atoms with Crippen LogP contribution in [0.5, 0.6) is 0 Å². The Morgan fingerprint density at radius 2 is 1.95 bits per heavy atom. The Labute approximate surface area is 109 Å².